The van der Waals surface area contributed by atoms with Crippen LogP contribution in [0.4, 0.5) is 0 Å². The van der Waals surface area contributed by atoms with Crippen molar-refractivity contribution in [3.63, 3.8) is 0 Å². The summed E-state index contributed by atoms with van der Waals surface area (Å²) < 4.78 is 0.636. The Bertz CT molecular complexity index is 528. The molecule has 0 saturated carbocycles. The van der Waals surface area contributed by atoms with Crippen LogP contribution >= 0.6 is 15.9 Å². The van der Waals surface area contributed by atoms with Gasteiger partial charge in [0.1, 0.15) is 0 Å². The molecule has 1 rings (SSSR count). The number of benzene rings is 1. The van der Waals surface area contributed by atoms with Gasteiger partial charge in [-0.25, -0.2) is 0 Å². The predicted molar refractivity (Wildman–Crippen MR) is 96.2 cm³/mol. The summed E-state index contributed by atoms with van der Waals surface area (Å²) in [5, 5.41) is 30.5. The lowest BCUT2D eigenvalue weighted by atomic mass is 9.75. The van der Waals surface area contributed by atoms with E-state index in [1.54, 1.807) is 24.3 Å². The van der Waals surface area contributed by atoms with Crippen molar-refractivity contribution in [1.29, 1.82) is 0 Å². The van der Waals surface area contributed by atoms with Gasteiger partial charge < -0.3 is 25.8 Å². The number of rotatable bonds is 7. The number of carbonyl (C=O) groups excluding carboxylic acids is 2. The molecular formula is C15H24BBrN2O5. The summed E-state index contributed by atoms with van der Waals surface area (Å²) in [6, 6.07) is 6.87. The van der Waals surface area contributed by atoms with Crippen LogP contribution in [-0.2, 0) is 4.79 Å². The second-order valence-corrected chi connectivity index (χ2v) is 6.23. The van der Waals surface area contributed by atoms with Crippen LogP contribution in [0.2, 0.25) is 0 Å². The fourth-order valence-electron chi connectivity index (χ4n) is 1.92. The van der Waals surface area contributed by atoms with Crippen molar-refractivity contribution >= 4 is 34.9 Å². The van der Waals surface area contributed by atoms with Gasteiger partial charge in [0.25, 0.3) is 5.91 Å². The molecule has 2 amide bonds. The Kier molecular flexibility index (Phi) is 11.3. The molecule has 1 aromatic carbocycles. The molecule has 0 aromatic heterocycles. The standard InChI is InChI=1S/C14H20BBrN2O4.CH4O/c1-9(2)7-12(15(21)22)18-13(19)8-17-14(20)10-5-3-4-6-11(10)16;1-2/h3-6,9,12,21-22H,7-8H2,1-2H3,(H,17,20)(H,18,19);2H,1H3/t12-;/m0./s1. The van der Waals surface area contributed by atoms with Gasteiger partial charge in [0.2, 0.25) is 5.91 Å². The zero-order valence-corrected chi connectivity index (χ0v) is 15.6. The van der Waals surface area contributed by atoms with E-state index in [4.69, 9.17) is 5.11 Å². The summed E-state index contributed by atoms with van der Waals surface area (Å²) >= 11 is 3.26. The minimum absolute atomic E-state index is 0.196. The summed E-state index contributed by atoms with van der Waals surface area (Å²) in [5.74, 6) is -1.42. The second-order valence-electron chi connectivity index (χ2n) is 5.38. The molecule has 0 heterocycles. The molecule has 7 nitrogen and oxygen atoms in total. The van der Waals surface area contributed by atoms with Gasteiger partial charge >= 0.3 is 7.12 Å². The number of aliphatic hydroxyl groups excluding tert-OH is 1. The van der Waals surface area contributed by atoms with Crippen LogP contribution in [0, 0.1) is 5.92 Å². The number of halogens is 1. The van der Waals surface area contributed by atoms with E-state index in [0.717, 1.165) is 7.11 Å². The number of amides is 2. The van der Waals surface area contributed by atoms with Crippen molar-refractivity contribution in [3.8, 4) is 0 Å². The summed E-state index contributed by atoms with van der Waals surface area (Å²) in [4.78, 5) is 23.7. The Labute approximate surface area is 150 Å². The van der Waals surface area contributed by atoms with Gasteiger partial charge in [-0.05, 0) is 40.4 Å². The van der Waals surface area contributed by atoms with E-state index in [1.807, 2.05) is 13.8 Å². The molecule has 0 saturated heterocycles. The largest absolute Gasteiger partial charge is 0.475 e. The van der Waals surface area contributed by atoms with E-state index in [-0.39, 0.29) is 18.4 Å². The van der Waals surface area contributed by atoms with Crippen LogP contribution < -0.4 is 10.6 Å². The highest BCUT2D eigenvalue weighted by molar-refractivity contribution is 9.10. The molecule has 0 radical (unpaired) electrons. The SMILES string of the molecule is CC(C)C[C@H](NC(=O)CNC(=O)c1ccccc1Br)B(O)O.CO. The third-order valence-corrected chi connectivity index (χ3v) is 3.65. The van der Waals surface area contributed by atoms with E-state index in [9.17, 15) is 19.6 Å². The van der Waals surface area contributed by atoms with Gasteiger partial charge in [0, 0.05) is 11.6 Å². The summed E-state index contributed by atoms with van der Waals surface area (Å²) in [6.07, 6.45) is 0.432. The normalized spacial score (nSPS) is 11.2. The Morgan fingerprint density at radius 2 is 1.79 bits per heavy atom. The van der Waals surface area contributed by atoms with Gasteiger partial charge in [-0.15, -0.1) is 0 Å². The summed E-state index contributed by atoms with van der Waals surface area (Å²) in [6.45, 7) is 3.59. The molecule has 0 unspecified atom stereocenters. The molecule has 0 bridgehead atoms. The Balaban J connectivity index is 0.00000254. The maximum atomic E-state index is 11.9. The van der Waals surface area contributed by atoms with E-state index < -0.39 is 19.0 Å². The number of hydrogen-bond donors (Lipinski definition) is 5. The molecule has 134 valence electrons. The highest BCUT2D eigenvalue weighted by Gasteiger charge is 2.26. The van der Waals surface area contributed by atoms with Crippen molar-refractivity contribution in [2.75, 3.05) is 13.7 Å². The van der Waals surface area contributed by atoms with Gasteiger partial charge in [-0.3, -0.25) is 9.59 Å². The molecule has 5 N–H and O–H groups in total. The Morgan fingerprint density at radius 3 is 2.29 bits per heavy atom. The Morgan fingerprint density at radius 1 is 1.21 bits per heavy atom. The maximum absolute atomic E-state index is 11.9. The minimum atomic E-state index is -1.63. The molecule has 0 aliphatic rings. The smallest absolute Gasteiger partial charge is 0.426 e. The van der Waals surface area contributed by atoms with Crippen LogP contribution in [0.1, 0.15) is 30.6 Å². The Hall–Kier alpha value is -1.42. The predicted octanol–water partition coefficient (Wildman–Crippen LogP) is 0.330. The average Bonchev–Trinajstić information content (AvgIpc) is 2.54. The molecule has 0 aliphatic carbocycles. The van der Waals surface area contributed by atoms with Crippen molar-refractivity contribution in [3.05, 3.63) is 34.3 Å². The summed E-state index contributed by atoms with van der Waals surface area (Å²) in [5.41, 5.74) is 0.427. The lowest BCUT2D eigenvalue weighted by molar-refractivity contribution is -0.120. The third kappa shape index (κ3) is 8.44. The topological polar surface area (TPSA) is 119 Å². The van der Waals surface area contributed by atoms with Crippen LogP contribution in [0.15, 0.2) is 28.7 Å². The molecule has 1 aromatic rings. The highest BCUT2D eigenvalue weighted by Crippen LogP contribution is 2.15. The lowest BCUT2D eigenvalue weighted by Crippen LogP contribution is -2.50. The fraction of sp³-hybridized carbons (Fsp3) is 0.467. The van der Waals surface area contributed by atoms with Crippen LogP contribution in [0.5, 0.6) is 0 Å². The van der Waals surface area contributed by atoms with Crippen molar-refractivity contribution in [2.45, 2.75) is 26.2 Å². The summed E-state index contributed by atoms with van der Waals surface area (Å²) in [7, 11) is -0.634. The van der Waals surface area contributed by atoms with E-state index in [1.165, 1.54) is 0 Å². The van der Waals surface area contributed by atoms with Crippen LogP contribution in [0.25, 0.3) is 0 Å². The molecule has 24 heavy (non-hydrogen) atoms. The van der Waals surface area contributed by atoms with E-state index in [2.05, 4.69) is 26.6 Å². The molecule has 0 spiro atoms. The van der Waals surface area contributed by atoms with Crippen molar-refractivity contribution in [2.24, 2.45) is 5.92 Å². The quantitative estimate of drug-likeness (QED) is 0.421. The maximum Gasteiger partial charge on any atom is 0.475 e. The molecule has 0 fully saturated rings. The average molecular weight is 403 g/mol. The first-order chi connectivity index (χ1) is 11.3. The number of hydrogen-bond acceptors (Lipinski definition) is 5. The molecule has 0 aliphatic heterocycles. The van der Waals surface area contributed by atoms with Gasteiger partial charge in [0.15, 0.2) is 0 Å². The van der Waals surface area contributed by atoms with Crippen molar-refractivity contribution in [1.82, 2.24) is 10.6 Å². The van der Waals surface area contributed by atoms with Gasteiger partial charge in [0.05, 0.1) is 18.0 Å². The third-order valence-electron chi connectivity index (χ3n) is 2.96. The monoisotopic (exact) mass is 402 g/mol. The number of carbonyl (C=O) groups is 2. The zero-order valence-electron chi connectivity index (χ0n) is 14.0. The molecule has 1 atom stereocenters. The first-order valence-electron chi connectivity index (χ1n) is 7.44. The minimum Gasteiger partial charge on any atom is -0.426 e. The second kappa shape index (κ2) is 12.0. The van der Waals surface area contributed by atoms with E-state index >= 15 is 0 Å². The number of nitrogens with one attached hydrogen (secondary N) is 2. The van der Waals surface area contributed by atoms with Crippen molar-refractivity contribution < 1.29 is 24.7 Å². The lowest BCUT2D eigenvalue weighted by Gasteiger charge is -2.19. The van der Waals surface area contributed by atoms with Crippen LogP contribution in [0.3, 0.4) is 0 Å². The van der Waals surface area contributed by atoms with Crippen LogP contribution in [-0.4, -0.2) is 53.7 Å². The highest BCUT2D eigenvalue weighted by atomic mass is 79.9. The number of aliphatic hydroxyl groups is 1. The zero-order chi connectivity index (χ0) is 18.7. The fourth-order valence-corrected chi connectivity index (χ4v) is 2.39. The van der Waals surface area contributed by atoms with E-state index in [0.29, 0.717) is 16.5 Å². The first-order valence-corrected chi connectivity index (χ1v) is 8.23. The molecule has 9 heteroatoms. The first kappa shape index (κ1) is 22.6. The van der Waals surface area contributed by atoms with Gasteiger partial charge in [-0.1, -0.05) is 26.0 Å². The van der Waals surface area contributed by atoms with Gasteiger partial charge in [-0.2, -0.15) is 0 Å². The molecular weight excluding hydrogens is 379 g/mol.